The maximum absolute atomic E-state index is 11.8. The first-order valence-electron chi connectivity index (χ1n) is 11.0. The first-order chi connectivity index (χ1) is 14.2. The molecule has 0 aliphatic carbocycles. The summed E-state index contributed by atoms with van der Waals surface area (Å²) in [7, 11) is 1.50. The van der Waals surface area contributed by atoms with Crippen LogP contribution in [-0.4, -0.2) is 69.5 Å². The monoisotopic (exact) mass is 442 g/mol. The fraction of sp³-hybridized carbons (Fsp3) is 0.826. The Bertz CT molecular complexity index is 689. The molecule has 8 nitrogen and oxygen atoms in total. The van der Waals surface area contributed by atoms with Gasteiger partial charge in [0.1, 0.15) is 11.7 Å². The lowest BCUT2D eigenvalue weighted by Crippen LogP contribution is -2.48. The molecule has 2 heterocycles. The van der Waals surface area contributed by atoms with Crippen molar-refractivity contribution >= 4 is 11.9 Å². The molecule has 2 rings (SSSR count). The number of hydrogen-bond donors (Lipinski definition) is 3. The number of hydrogen-bond acceptors (Lipinski definition) is 7. The van der Waals surface area contributed by atoms with Crippen LogP contribution in [0.25, 0.3) is 0 Å². The van der Waals surface area contributed by atoms with Gasteiger partial charge >= 0.3 is 11.9 Å². The van der Waals surface area contributed by atoms with Gasteiger partial charge in [-0.1, -0.05) is 6.58 Å². The number of esters is 1. The minimum Gasteiger partial charge on any atom is -0.478 e. The Morgan fingerprint density at radius 2 is 1.74 bits per heavy atom. The van der Waals surface area contributed by atoms with Crippen LogP contribution in [0.3, 0.4) is 0 Å². The minimum absolute atomic E-state index is 0.00172. The number of carbonyl (C=O) groups excluding carboxylic acids is 1. The Kier molecular flexibility index (Phi) is 7.95. The standard InChI is InChI=1S/C23H38O8/c1-14(20(26)27)16-7-10-21(3,28)18-8-12-23(5,31-18)19(30-15(2)24)9-11-22(4,29-6)17(25)13-16/h16-19,25,28H,1,7-13H2,2-6H3,(H,26,27)/t16-,17-,18+,19+,21-,22+,23-/m0/s1. The zero-order valence-electron chi connectivity index (χ0n) is 19.3. The molecule has 2 aliphatic heterocycles. The average Bonchev–Trinajstić information content (AvgIpc) is 3.10. The molecule has 0 aromatic heterocycles. The molecule has 8 heteroatoms. The van der Waals surface area contributed by atoms with Gasteiger partial charge in [-0.15, -0.1) is 0 Å². The third-order valence-corrected chi connectivity index (χ3v) is 7.35. The van der Waals surface area contributed by atoms with E-state index in [0.717, 1.165) is 0 Å². The number of aliphatic carboxylic acids is 1. The van der Waals surface area contributed by atoms with E-state index in [1.54, 1.807) is 13.8 Å². The van der Waals surface area contributed by atoms with Gasteiger partial charge in [-0.25, -0.2) is 4.79 Å². The van der Waals surface area contributed by atoms with E-state index in [0.29, 0.717) is 32.1 Å². The van der Waals surface area contributed by atoms with E-state index in [4.69, 9.17) is 14.2 Å². The quantitative estimate of drug-likeness (QED) is 0.449. The van der Waals surface area contributed by atoms with E-state index in [-0.39, 0.29) is 18.4 Å². The van der Waals surface area contributed by atoms with Crippen LogP contribution in [0.1, 0.15) is 72.6 Å². The second kappa shape index (κ2) is 9.57. The predicted molar refractivity (Wildman–Crippen MR) is 113 cm³/mol. The third kappa shape index (κ3) is 5.86. The van der Waals surface area contributed by atoms with Crippen molar-refractivity contribution in [2.45, 2.75) is 108 Å². The molecule has 7 atom stereocenters. The molecule has 0 unspecified atom stereocenters. The molecule has 0 aromatic rings. The van der Waals surface area contributed by atoms with Crippen molar-refractivity contribution in [2.75, 3.05) is 7.11 Å². The fourth-order valence-electron chi connectivity index (χ4n) is 4.80. The normalized spacial score (nSPS) is 42.0. The first kappa shape index (κ1) is 25.8. The van der Waals surface area contributed by atoms with Gasteiger partial charge in [0, 0.05) is 19.6 Å². The number of aliphatic hydroxyl groups is 2. The highest BCUT2D eigenvalue weighted by atomic mass is 16.6. The number of ether oxygens (including phenoxy) is 3. The van der Waals surface area contributed by atoms with Crippen molar-refractivity contribution in [2.24, 2.45) is 5.92 Å². The van der Waals surface area contributed by atoms with Crippen LogP contribution < -0.4 is 0 Å². The predicted octanol–water partition coefficient (Wildman–Crippen LogP) is 2.59. The van der Waals surface area contributed by atoms with Crippen molar-refractivity contribution < 1.29 is 39.1 Å². The van der Waals surface area contributed by atoms with Crippen molar-refractivity contribution in [3.63, 3.8) is 0 Å². The molecule has 2 bridgehead atoms. The van der Waals surface area contributed by atoms with Crippen LogP contribution in [0.15, 0.2) is 12.2 Å². The Labute approximate surface area is 184 Å². The van der Waals surface area contributed by atoms with Gasteiger partial charge in [0.15, 0.2) is 0 Å². The number of carbonyl (C=O) groups is 2. The number of methoxy groups -OCH3 is 1. The van der Waals surface area contributed by atoms with E-state index in [2.05, 4.69) is 6.58 Å². The summed E-state index contributed by atoms with van der Waals surface area (Å²) in [6, 6.07) is 0. The topological polar surface area (TPSA) is 123 Å². The van der Waals surface area contributed by atoms with Crippen LogP contribution in [0.4, 0.5) is 0 Å². The van der Waals surface area contributed by atoms with E-state index in [1.165, 1.54) is 14.0 Å². The number of carboxylic acid groups (broad SMARTS) is 1. The SMILES string of the molecule is C=C(C(=O)O)[C@H]1CC[C@](C)(O)[C@H]2CC[C@](C)(O2)[C@H](OC(C)=O)CC[C@@](C)(OC)[C@@H](O)C1. The van der Waals surface area contributed by atoms with Gasteiger partial charge < -0.3 is 29.5 Å². The largest absolute Gasteiger partial charge is 0.478 e. The zero-order valence-corrected chi connectivity index (χ0v) is 19.3. The molecule has 2 aliphatic rings. The molecule has 0 amide bonds. The number of rotatable bonds is 4. The van der Waals surface area contributed by atoms with Crippen LogP contribution in [0.2, 0.25) is 0 Å². The highest BCUT2D eigenvalue weighted by Gasteiger charge is 2.50. The molecular formula is C23H38O8. The Hall–Kier alpha value is -1.48. The van der Waals surface area contributed by atoms with Gasteiger partial charge in [-0.05, 0) is 71.6 Å². The lowest BCUT2D eigenvalue weighted by Gasteiger charge is -2.39. The molecule has 178 valence electrons. The van der Waals surface area contributed by atoms with Gasteiger partial charge in [-0.2, -0.15) is 0 Å². The Morgan fingerprint density at radius 3 is 2.29 bits per heavy atom. The van der Waals surface area contributed by atoms with Crippen LogP contribution in [0.5, 0.6) is 0 Å². The molecule has 2 saturated heterocycles. The molecule has 0 spiro atoms. The summed E-state index contributed by atoms with van der Waals surface area (Å²) in [4.78, 5) is 23.4. The molecule has 0 aromatic carbocycles. The van der Waals surface area contributed by atoms with Gasteiger partial charge in [0.05, 0.1) is 23.4 Å². The van der Waals surface area contributed by atoms with E-state index in [9.17, 15) is 24.9 Å². The highest BCUT2D eigenvalue weighted by molar-refractivity contribution is 5.86. The van der Waals surface area contributed by atoms with Gasteiger partial charge in [0.2, 0.25) is 0 Å². The van der Waals surface area contributed by atoms with E-state index >= 15 is 0 Å². The highest BCUT2D eigenvalue weighted by Crippen LogP contribution is 2.43. The van der Waals surface area contributed by atoms with E-state index < -0.39 is 53.0 Å². The average molecular weight is 443 g/mol. The lowest BCUT2D eigenvalue weighted by molar-refractivity contribution is -0.186. The summed E-state index contributed by atoms with van der Waals surface area (Å²) in [6.07, 6.45) is 0.663. The number of fused-ring (bicyclic) bond motifs is 2. The second-order valence-electron chi connectivity index (χ2n) is 9.79. The summed E-state index contributed by atoms with van der Waals surface area (Å²) < 4.78 is 17.6. The Balaban J connectivity index is 2.43. The third-order valence-electron chi connectivity index (χ3n) is 7.35. The van der Waals surface area contributed by atoms with E-state index in [1.807, 2.05) is 6.92 Å². The molecule has 0 radical (unpaired) electrons. The van der Waals surface area contributed by atoms with Crippen molar-refractivity contribution in [3.05, 3.63) is 12.2 Å². The van der Waals surface area contributed by atoms with Crippen LogP contribution >= 0.6 is 0 Å². The minimum atomic E-state index is -1.21. The Morgan fingerprint density at radius 1 is 1.10 bits per heavy atom. The molecule has 3 N–H and O–H groups in total. The fourth-order valence-corrected chi connectivity index (χ4v) is 4.80. The summed E-state index contributed by atoms with van der Waals surface area (Å²) >= 11 is 0. The molecule has 0 saturated carbocycles. The van der Waals surface area contributed by atoms with Crippen molar-refractivity contribution in [1.82, 2.24) is 0 Å². The van der Waals surface area contributed by atoms with Crippen LogP contribution in [0, 0.1) is 5.92 Å². The molecular weight excluding hydrogens is 404 g/mol. The van der Waals surface area contributed by atoms with Gasteiger partial charge in [0.25, 0.3) is 0 Å². The first-order valence-corrected chi connectivity index (χ1v) is 11.0. The van der Waals surface area contributed by atoms with Crippen molar-refractivity contribution in [1.29, 1.82) is 0 Å². The van der Waals surface area contributed by atoms with Crippen LogP contribution in [-0.2, 0) is 23.8 Å². The smallest absolute Gasteiger partial charge is 0.331 e. The maximum atomic E-state index is 11.8. The molecule has 2 fully saturated rings. The van der Waals surface area contributed by atoms with Gasteiger partial charge in [-0.3, -0.25) is 4.79 Å². The molecule has 31 heavy (non-hydrogen) atoms. The number of aliphatic hydroxyl groups excluding tert-OH is 1. The second-order valence-corrected chi connectivity index (χ2v) is 9.79. The summed E-state index contributed by atoms with van der Waals surface area (Å²) in [5.74, 6) is -2.09. The number of carboxylic acids is 1. The summed E-state index contributed by atoms with van der Waals surface area (Å²) in [5, 5.41) is 31.7. The van der Waals surface area contributed by atoms with Crippen molar-refractivity contribution in [3.8, 4) is 0 Å². The summed E-state index contributed by atoms with van der Waals surface area (Å²) in [6.45, 7) is 10.4. The maximum Gasteiger partial charge on any atom is 0.331 e. The summed E-state index contributed by atoms with van der Waals surface area (Å²) in [5.41, 5.74) is -2.98. The zero-order chi connectivity index (χ0) is 23.6. The lowest BCUT2D eigenvalue weighted by atomic mass is 9.78.